The first kappa shape index (κ1) is 20.9. The predicted molar refractivity (Wildman–Crippen MR) is 96.0 cm³/mol. The molecule has 2 rings (SSSR count). The molecule has 0 aliphatic rings. The number of carboxylic acids is 1. The number of rotatable bonds is 7. The third-order valence-corrected chi connectivity index (χ3v) is 3.71. The molecule has 0 fully saturated rings. The molecule has 2 amide bonds. The number of carboxylic acid groups (broad SMARTS) is 1. The molecule has 28 heavy (non-hydrogen) atoms. The molecular formula is C19H17F3N2O4. The highest BCUT2D eigenvalue weighted by Gasteiger charge is 2.33. The second-order valence-electron chi connectivity index (χ2n) is 5.87. The van der Waals surface area contributed by atoms with Gasteiger partial charge in [-0.2, -0.15) is 13.2 Å². The van der Waals surface area contributed by atoms with Crippen LogP contribution in [0.3, 0.4) is 0 Å². The van der Waals surface area contributed by atoms with Crippen molar-refractivity contribution in [3.63, 3.8) is 0 Å². The van der Waals surface area contributed by atoms with Crippen LogP contribution in [0.1, 0.15) is 35.2 Å². The number of benzene rings is 2. The summed E-state index contributed by atoms with van der Waals surface area (Å²) in [5.41, 5.74) is -0.808. The average molecular weight is 394 g/mol. The summed E-state index contributed by atoms with van der Waals surface area (Å²) in [6, 6.07) is 10.2. The zero-order valence-electron chi connectivity index (χ0n) is 14.5. The molecule has 3 N–H and O–H groups in total. The van der Waals surface area contributed by atoms with E-state index in [-0.39, 0.29) is 36.4 Å². The number of alkyl halides is 3. The lowest BCUT2D eigenvalue weighted by atomic mass is 10.1. The molecule has 0 unspecified atom stereocenters. The molecule has 0 aliphatic heterocycles. The number of halogens is 3. The summed E-state index contributed by atoms with van der Waals surface area (Å²) >= 11 is 0. The van der Waals surface area contributed by atoms with Crippen LogP contribution in [0.2, 0.25) is 0 Å². The van der Waals surface area contributed by atoms with Gasteiger partial charge in [-0.15, -0.1) is 0 Å². The number of hydrogen-bond donors (Lipinski definition) is 3. The third-order valence-electron chi connectivity index (χ3n) is 3.71. The molecule has 2 aromatic carbocycles. The molecule has 0 spiro atoms. The van der Waals surface area contributed by atoms with Crippen molar-refractivity contribution in [2.24, 2.45) is 0 Å². The van der Waals surface area contributed by atoms with Gasteiger partial charge in [-0.05, 0) is 42.8 Å². The maximum atomic E-state index is 13.0. The Balaban J connectivity index is 1.99. The summed E-state index contributed by atoms with van der Waals surface area (Å²) in [6.07, 6.45) is -4.49. The normalized spacial score (nSPS) is 11.0. The third kappa shape index (κ3) is 6.11. The van der Waals surface area contributed by atoms with Crippen LogP contribution >= 0.6 is 0 Å². The second-order valence-corrected chi connectivity index (χ2v) is 5.87. The zero-order chi connectivity index (χ0) is 20.7. The molecular weight excluding hydrogens is 377 g/mol. The van der Waals surface area contributed by atoms with E-state index >= 15 is 0 Å². The van der Waals surface area contributed by atoms with Crippen LogP contribution in [0.15, 0.2) is 48.5 Å². The van der Waals surface area contributed by atoms with E-state index in [1.165, 1.54) is 36.4 Å². The van der Waals surface area contributed by atoms with Gasteiger partial charge in [0, 0.05) is 24.1 Å². The highest BCUT2D eigenvalue weighted by molar-refractivity contribution is 6.05. The SMILES string of the molecule is O=C(O)CCCC(=O)Nc1ccc(C(=O)Nc2ccccc2C(F)(F)F)cc1. The summed E-state index contributed by atoms with van der Waals surface area (Å²) in [5, 5.41) is 13.3. The molecule has 0 radical (unpaired) electrons. The standard InChI is InChI=1S/C19H17F3N2O4/c20-19(21,22)14-4-1-2-5-15(14)24-18(28)12-8-10-13(11-9-12)23-16(25)6-3-7-17(26)27/h1-2,4-5,8-11H,3,6-7H2,(H,23,25)(H,24,28)(H,26,27). The lowest BCUT2D eigenvalue weighted by Gasteiger charge is -2.13. The van der Waals surface area contributed by atoms with E-state index in [2.05, 4.69) is 10.6 Å². The van der Waals surface area contributed by atoms with Crippen LogP contribution < -0.4 is 10.6 Å². The average Bonchev–Trinajstić information content (AvgIpc) is 2.61. The van der Waals surface area contributed by atoms with Crippen molar-refractivity contribution >= 4 is 29.2 Å². The van der Waals surface area contributed by atoms with E-state index in [0.717, 1.165) is 12.1 Å². The maximum Gasteiger partial charge on any atom is 0.418 e. The first-order chi connectivity index (χ1) is 13.2. The number of carbonyl (C=O) groups is 3. The van der Waals surface area contributed by atoms with E-state index in [1.807, 2.05) is 0 Å². The summed E-state index contributed by atoms with van der Waals surface area (Å²) in [4.78, 5) is 34.3. The minimum Gasteiger partial charge on any atom is -0.481 e. The number of aliphatic carboxylic acids is 1. The van der Waals surface area contributed by atoms with Gasteiger partial charge in [0.25, 0.3) is 5.91 Å². The van der Waals surface area contributed by atoms with Gasteiger partial charge in [-0.25, -0.2) is 0 Å². The minimum atomic E-state index is -4.60. The smallest absolute Gasteiger partial charge is 0.418 e. The van der Waals surface area contributed by atoms with Crippen molar-refractivity contribution in [2.75, 3.05) is 10.6 Å². The maximum absolute atomic E-state index is 13.0. The van der Waals surface area contributed by atoms with Gasteiger partial charge in [0.1, 0.15) is 0 Å². The van der Waals surface area contributed by atoms with Crippen molar-refractivity contribution in [1.82, 2.24) is 0 Å². The van der Waals surface area contributed by atoms with Crippen molar-refractivity contribution in [2.45, 2.75) is 25.4 Å². The zero-order valence-corrected chi connectivity index (χ0v) is 14.5. The molecule has 9 heteroatoms. The van der Waals surface area contributed by atoms with E-state index in [9.17, 15) is 27.6 Å². The van der Waals surface area contributed by atoms with Crippen molar-refractivity contribution in [3.05, 3.63) is 59.7 Å². The number of nitrogens with one attached hydrogen (secondary N) is 2. The van der Waals surface area contributed by atoms with E-state index in [1.54, 1.807) is 0 Å². The van der Waals surface area contributed by atoms with E-state index in [4.69, 9.17) is 5.11 Å². The Kier molecular flexibility index (Phi) is 6.75. The van der Waals surface area contributed by atoms with Gasteiger partial charge in [-0.3, -0.25) is 14.4 Å². The van der Waals surface area contributed by atoms with Gasteiger partial charge in [0.15, 0.2) is 0 Å². The minimum absolute atomic E-state index is 0.0305. The molecule has 0 saturated heterocycles. The van der Waals surface area contributed by atoms with E-state index in [0.29, 0.717) is 5.69 Å². The molecule has 0 aliphatic carbocycles. The number of para-hydroxylation sites is 1. The molecule has 0 bridgehead atoms. The van der Waals surface area contributed by atoms with Crippen molar-refractivity contribution in [3.8, 4) is 0 Å². The Labute approximate surface area is 158 Å². The van der Waals surface area contributed by atoms with Gasteiger partial charge in [0.05, 0.1) is 11.3 Å². The predicted octanol–water partition coefficient (Wildman–Crippen LogP) is 4.15. The summed E-state index contributed by atoms with van der Waals surface area (Å²) < 4.78 is 39.0. The number of carbonyl (C=O) groups excluding carboxylic acids is 2. The van der Waals surface area contributed by atoms with Gasteiger partial charge in [-0.1, -0.05) is 12.1 Å². The van der Waals surface area contributed by atoms with Crippen molar-refractivity contribution in [1.29, 1.82) is 0 Å². The van der Waals surface area contributed by atoms with Crippen LogP contribution in [0.4, 0.5) is 24.5 Å². The van der Waals surface area contributed by atoms with Crippen LogP contribution in [-0.2, 0) is 15.8 Å². The van der Waals surface area contributed by atoms with Gasteiger partial charge in [0.2, 0.25) is 5.91 Å². The van der Waals surface area contributed by atoms with Crippen LogP contribution in [0, 0.1) is 0 Å². The molecule has 6 nitrogen and oxygen atoms in total. The number of hydrogen-bond acceptors (Lipinski definition) is 3. The fraction of sp³-hybridized carbons (Fsp3) is 0.211. The fourth-order valence-corrected chi connectivity index (χ4v) is 2.36. The van der Waals surface area contributed by atoms with Gasteiger partial charge >= 0.3 is 12.1 Å². The summed E-state index contributed by atoms with van der Waals surface area (Å²) in [5.74, 6) is -2.09. The molecule has 0 aromatic heterocycles. The first-order valence-electron chi connectivity index (χ1n) is 8.26. The Hall–Kier alpha value is -3.36. The summed E-state index contributed by atoms with van der Waals surface area (Å²) in [7, 11) is 0. The Morgan fingerprint density at radius 2 is 1.54 bits per heavy atom. The molecule has 0 saturated carbocycles. The van der Waals surface area contributed by atoms with Crippen LogP contribution in [0.25, 0.3) is 0 Å². The second kappa shape index (κ2) is 9.03. The van der Waals surface area contributed by atoms with Gasteiger partial charge < -0.3 is 15.7 Å². The molecule has 148 valence electrons. The lowest BCUT2D eigenvalue weighted by molar-refractivity contribution is -0.138. The monoisotopic (exact) mass is 394 g/mol. The lowest BCUT2D eigenvalue weighted by Crippen LogP contribution is -2.17. The highest BCUT2D eigenvalue weighted by Crippen LogP contribution is 2.34. The highest BCUT2D eigenvalue weighted by atomic mass is 19.4. The summed E-state index contributed by atoms with van der Waals surface area (Å²) in [6.45, 7) is 0. The van der Waals surface area contributed by atoms with Crippen LogP contribution in [0.5, 0.6) is 0 Å². The molecule has 0 heterocycles. The quantitative estimate of drug-likeness (QED) is 0.657. The largest absolute Gasteiger partial charge is 0.481 e. The number of anilines is 2. The Morgan fingerprint density at radius 1 is 0.893 bits per heavy atom. The van der Waals surface area contributed by atoms with Crippen molar-refractivity contribution < 1.29 is 32.7 Å². The molecule has 0 atom stereocenters. The number of amides is 2. The first-order valence-corrected chi connectivity index (χ1v) is 8.26. The van der Waals surface area contributed by atoms with Crippen LogP contribution in [-0.4, -0.2) is 22.9 Å². The topological polar surface area (TPSA) is 95.5 Å². The fourth-order valence-electron chi connectivity index (χ4n) is 2.36. The Bertz CT molecular complexity index is 864. The Morgan fingerprint density at radius 3 is 2.14 bits per heavy atom. The molecule has 2 aromatic rings. The van der Waals surface area contributed by atoms with E-state index < -0.39 is 23.6 Å².